The van der Waals surface area contributed by atoms with Crippen LogP contribution in [0.25, 0.3) is 0 Å². The van der Waals surface area contributed by atoms with Crippen LogP contribution in [0.4, 0.5) is 4.39 Å². The molecule has 0 aliphatic rings. The number of halogens is 2. The van der Waals surface area contributed by atoms with Crippen LogP contribution in [-0.2, 0) is 6.54 Å². The first-order valence-corrected chi connectivity index (χ1v) is 9.52. The normalized spacial score (nSPS) is 12.7. The highest BCUT2D eigenvalue weighted by Gasteiger charge is 2.07. The van der Waals surface area contributed by atoms with Crippen LogP contribution in [0, 0.1) is 12.7 Å². The predicted molar refractivity (Wildman–Crippen MR) is 121 cm³/mol. The molecule has 0 saturated heterocycles. The van der Waals surface area contributed by atoms with E-state index >= 15 is 0 Å². The molecule has 0 amide bonds. The van der Waals surface area contributed by atoms with Gasteiger partial charge in [0.05, 0.1) is 6.54 Å². The molecule has 2 N–H and O–H groups in total. The van der Waals surface area contributed by atoms with Gasteiger partial charge in [-0.2, -0.15) is 0 Å². The average molecular weight is 478 g/mol. The Labute approximate surface area is 176 Å². The number of hydrogen-bond acceptors (Lipinski definition) is 2. The predicted octanol–water partition coefficient (Wildman–Crippen LogP) is 4.32. The Morgan fingerprint density at radius 1 is 1.23 bits per heavy atom. The number of guanidine groups is 1. The maximum absolute atomic E-state index is 13.4. The summed E-state index contributed by atoms with van der Waals surface area (Å²) in [6.07, 6.45) is 2.28. The van der Waals surface area contributed by atoms with Crippen LogP contribution in [0.5, 0.6) is 0 Å². The van der Waals surface area contributed by atoms with Crippen molar-refractivity contribution in [2.24, 2.45) is 4.99 Å². The van der Waals surface area contributed by atoms with E-state index in [1.807, 2.05) is 6.07 Å². The van der Waals surface area contributed by atoms with Crippen LogP contribution in [0.1, 0.15) is 51.7 Å². The Kier molecular flexibility index (Phi) is 13.7. The van der Waals surface area contributed by atoms with Gasteiger partial charge in [0.25, 0.3) is 0 Å². The SMILES string of the molecule is CCNC(=NCc1ccc(F)c(C)c1)NC(C)CCCN(CC)CC.I. The van der Waals surface area contributed by atoms with Crippen LogP contribution < -0.4 is 10.6 Å². The fraction of sp³-hybridized carbons (Fsp3) is 0.650. The van der Waals surface area contributed by atoms with Crippen LogP contribution >= 0.6 is 24.0 Å². The molecular formula is C20H36FIN4. The summed E-state index contributed by atoms with van der Waals surface area (Å²) in [4.78, 5) is 7.08. The summed E-state index contributed by atoms with van der Waals surface area (Å²) in [7, 11) is 0. The Hall–Kier alpha value is -0.890. The summed E-state index contributed by atoms with van der Waals surface area (Å²) in [6.45, 7) is 15.2. The standard InChI is InChI=1S/C20H35FN4.HI/c1-6-22-20(23-15-18-11-12-19(21)16(4)14-18)24-17(5)10-9-13-25(7-2)8-3;/h11-12,14,17H,6-10,13,15H2,1-5H3,(H2,22,23,24);1H. The van der Waals surface area contributed by atoms with Gasteiger partial charge in [-0.05, 0) is 70.4 Å². The minimum Gasteiger partial charge on any atom is -0.357 e. The molecule has 4 nitrogen and oxygen atoms in total. The zero-order valence-electron chi connectivity index (χ0n) is 16.9. The number of aliphatic imine (C=N–C) groups is 1. The zero-order valence-corrected chi connectivity index (χ0v) is 19.3. The molecule has 1 atom stereocenters. The fourth-order valence-corrected chi connectivity index (χ4v) is 2.76. The van der Waals surface area contributed by atoms with Crippen LogP contribution in [-0.4, -0.2) is 43.1 Å². The summed E-state index contributed by atoms with van der Waals surface area (Å²) in [5.41, 5.74) is 1.68. The first-order valence-electron chi connectivity index (χ1n) is 9.52. The summed E-state index contributed by atoms with van der Waals surface area (Å²) in [5.74, 6) is 0.652. The average Bonchev–Trinajstić information content (AvgIpc) is 2.59. The van der Waals surface area contributed by atoms with Gasteiger partial charge in [-0.1, -0.05) is 26.0 Å². The summed E-state index contributed by atoms with van der Waals surface area (Å²) in [5, 5.41) is 6.76. The maximum Gasteiger partial charge on any atom is 0.191 e. The lowest BCUT2D eigenvalue weighted by atomic mass is 10.1. The van der Waals surface area contributed by atoms with E-state index in [1.54, 1.807) is 13.0 Å². The number of rotatable bonds is 10. The molecule has 0 saturated carbocycles. The summed E-state index contributed by atoms with van der Waals surface area (Å²) < 4.78 is 13.4. The van der Waals surface area contributed by atoms with Gasteiger partial charge >= 0.3 is 0 Å². The molecule has 1 rings (SSSR count). The Balaban J connectivity index is 0.00000625. The van der Waals surface area contributed by atoms with Crippen molar-refractivity contribution in [2.75, 3.05) is 26.2 Å². The smallest absolute Gasteiger partial charge is 0.191 e. The van der Waals surface area contributed by atoms with Gasteiger partial charge in [-0.15, -0.1) is 24.0 Å². The van der Waals surface area contributed by atoms with Crippen molar-refractivity contribution in [1.29, 1.82) is 0 Å². The van der Waals surface area contributed by atoms with Crippen LogP contribution in [0.2, 0.25) is 0 Å². The maximum atomic E-state index is 13.4. The van der Waals surface area contributed by atoms with Gasteiger partial charge in [0.2, 0.25) is 0 Å². The lowest BCUT2D eigenvalue weighted by Crippen LogP contribution is -2.42. The number of aryl methyl sites for hydroxylation is 1. The first-order chi connectivity index (χ1) is 12.0. The third-order valence-electron chi connectivity index (χ3n) is 4.38. The minimum absolute atomic E-state index is 0. The zero-order chi connectivity index (χ0) is 18.7. The molecule has 150 valence electrons. The molecule has 26 heavy (non-hydrogen) atoms. The quantitative estimate of drug-likeness (QED) is 0.299. The van der Waals surface area contributed by atoms with E-state index < -0.39 is 0 Å². The highest BCUT2D eigenvalue weighted by molar-refractivity contribution is 14.0. The summed E-state index contributed by atoms with van der Waals surface area (Å²) >= 11 is 0. The molecule has 0 fully saturated rings. The van der Waals surface area contributed by atoms with Gasteiger partial charge in [-0.25, -0.2) is 9.38 Å². The van der Waals surface area contributed by atoms with Crippen molar-refractivity contribution in [3.8, 4) is 0 Å². The number of benzene rings is 1. The van der Waals surface area contributed by atoms with E-state index in [9.17, 15) is 4.39 Å². The van der Waals surface area contributed by atoms with E-state index in [0.29, 0.717) is 18.2 Å². The van der Waals surface area contributed by atoms with E-state index in [2.05, 4.69) is 48.2 Å². The van der Waals surface area contributed by atoms with E-state index in [-0.39, 0.29) is 29.8 Å². The molecule has 1 aromatic rings. The Morgan fingerprint density at radius 3 is 2.50 bits per heavy atom. The van der Waals surface area contributed by atoms with Crippen molar-refractivity contribution >= 4 is 29.9 Å². The van der Waals surface area contributed by atoms with Crippen molar-refractivity contribution in [1.82, 2.24) is 15.5 Å². The third kappa shape index (κ3) is 9.71. The molecule has 0 heterocycles. The second-order valence-corrected chi connectivity index (χ2v) is 6.49. The van der Waals surface area contributed by atoms with Gasteiger partial charge in [-0.3, -0.25) is 0 Å². The molecule has 0 radical (unpaired) electrons. The summed E-state index contributed by atoms with van der Waals surface area (Å²) in [6, 6.07) is 5.53. The van der Waals surface area contributed by atoms with Gasteiger partial charge in [0, 0.05) is 12.6 Å². The van der Waals surface area contributed by atoms with Crippen LogP contribution in [0.15, 0.2) is 23.2 Å². The third-order valence-corrected chi connectivity index (χ3v) is 4.38. The second-order valence-electron chi connectivity index (χ2n) is 6.49. The molecular weight excluding hydrogens is 442 g/mol. The van der Waals surface area contributed by atoms with Gasteiger partial charge in [0.15, 0.2) is 5.96 Å². The molecule has 6 heteroatoms. The van der Waals surface area contributed by atoms with E-state index in [0.717, 1.165) is 44.1 Å². The largest absolute Gasteiger partial charge is 0.357 e. The first kappa shape index (κ1) is 25.1. The molecule has 1 aromatic carbocycles. The number of nitrogens with zero attached hydrogens (tertiary/aromatic N) is 2. The molecule has 1 unspecified atom stereocenters. The van der Waals surface area contributed by atoms with Crippen LogP contribution in [0.3, 0.4) is 0 Å². The molecule has 0 aliphatic carbocycles. The minimum atomic E-state index is -0.167. The molecule has 0 aliphatic heterocycles. The topological polar surface area (TPSA) is 39.7 Å². The van der Waals surface area contributed by atoms with Crippen molar-refractivity contribution in [3.63, 3.8) is 0 Å². The number of hydrogen-bond donors (Lipinski definition) is 2. The number of nitrogens with one attached hydrogen (secondary N) is 2. The monoisotopic (exact) mass is 478 g/mol. The van der Waals surface area contributed by atoms with Crippen molar-refractivity contribution in [2.45, 2.75) is 60.0 Å². The van der Waals surface area contributed by atoms with Gasteiger partial charge < -0.3 is 15.5 Å². The van der Waals surface area contributed by atoms with E-state index in [4.69, 9.17) is 0 Å². The molecule has 0 spiro atoms. The van der Waals surface area contributed by atoms with Crippen molar-refractivity contribution in [3.05, 3.63) is 35.1 Å². The Morgan fingerprint density at radius 2 is 1.92 bits per heavy atom. The lowest BCUT2D eigenvalue weighted by Gasteiger charge is -2.21. The Bertz CT molecular complexity index is 533. The highest BCUT2D eigenvalue weighted by Crippen LogP contribution is 2.10. The molecule has 0 bridgehead atoms. The van der Waals surface area contributed by atoms with E-state index in [1.165, 1.54) is 12.5 Å². The fourth-order valence-electron chi connectivity index (χ4n) is 2.76. The lowest BCUT2D eigenvalue weighted by molar-refractivity contribution is 0.292. The second kappa shape index (κ2) is 14.2. The molecule has 0 aromatic heterocycles. The highest BCUT2D eigenvalue weighted by atomic mass is 127. The van der Waals surface area contributed by atoms with Crippen molar-refractivity contribution < 1.29 is 4.39 Å². The van der Waals surface area contributed by atoms with Gasteiger partial charge in [0.1, 0.15) is 5.82 Å².